The molecule has 0 saturated heterocycles. The maximum Gasteiger partial charge on any atom is 0.129 e. The molecular weight excluding hydrogens is 164 g/mol. The lowest BCUT2D eigenvalue weighted by Crippen LogP contribution is -2.16. The van der Waals surface area contributed by atoms with Crippen molar-refractivity contribution in [2.75, 3.05) is 0 Å². The van der Waals surface area contributed by atoms with Crippen molar-refractivity contribution in [1.29, 1.82) is 0 Å². The van der Waals surface area contributed by atoms with Crippen LogP contribution in [-0.4, -0.2) is 19.3 Å². The van der Waals surface area contributed by atoms with Crippen LogP contribution in [0.3, 0.4) is 0 Å². The summed E-state index contributed by atoms with van der Waals surface area (Å²) in [6, 6.07) is 0. The molecular formula is C10H18OSi. The second-order valence-corrected chi connectivity index (χ2v) is 8.60. The summed E-state index contributed by atoms with van der Waals surface area (Å²) in [6.45, 7) is 8.54. The molecule has 1 N–H and O–H groups in total. The van der Waals surface area contributed by atoms with Crippen LogP contribution in [0.2, 0.25) is 19.6 Å². The highest BCUT2D eigenvalue weighted by Crippen LogP contribution is 1.96. The second-order valence-electron chi connectivity index (χ2n) is 3.85. The van der Waals surface area contributed by atoms with Crippen molar-refractivity contribution in [1.82, 2.24) is 0 Å². The largest absolute Gasteiger partial charge is 0.389 e. The summed E-state index contributed by atoms with van der Waals surface area (Å²) in [5.41, 5.74) is 3.19. The van der Waals surface area contributed by atoms with Gasteiger partial charge in [-0.1, -0.05) is 32.5 Å². The smallest absolute Gasteiger partial charge is 0.129 e. The molecule has 12 heavy (non-hydrogen) atoms. The van der Waals surface area contributed by atoms with Crippen LogP contribution in [0.4, 0.5) is 0 Å². The minimum Gasteiger partial charge on any atom is -0.389 e. The van der Waals surface area contributed by atoms with Gasteiger partial charge in [-0.15, -0.1) is 5.54 Å². The highest BCUT2D eigenvalue weighted by molar-refractivity contribution is 6.83. The Hall–Kier alpha value is -0.523. The first kappa shape index (κ1) is 11.5. The molecule has 0 rings (SSSR count). The SMILES string of the molecule is CC[C@H](O)/C=C/C#C[Si](C)(C)C. The van der Waals surface area contributed by atoms with Crippen molar-refractivity contribution in [2.24, 2.45) is 0 Å². The first-order valence-corrected chi connectivity index (χ1v) is 7.83. The van der Waals surface area contributed by atoms with Crippen LogP contribution in [0.25, 0.3) is 0 Å². The van der Waals surface area contributed by atoms with E-state index in [-0.39, 0.29) is 6.10 Å². The third kappa shape index (κ3) is 7.58. The van der Waals surface area contributed by atoms with Gasteiger partial charge < -0.3 is 5.11 Å². The minimum atomic E-state index is -1.23. The van der Waals surface area contributed by atoms with Gasteiger partial charge in [-0.05, 0) is 18.6 Å². The van der Waals surface area contributed by atoms with E-state index in [1.807, 2.05) is 6.92 Å². The van der Waals surface area contributed by atoms with Gasteiger partial charge in [0.25, 0.3) is 0 Å². The molecule has 0 fully saturated rings. The van der Waals surface area contributed by atoms with Crippen LogP contribution in [0.1, 0.15) is 13.3 Å². The molecule has 0 aromatic carbocycles. The molecule has 2 heteroatoms. The number of hydrogen-bond acceptors (Lipinski definition) is 1. The van der Waals surface area contributed by atoms with E-state index in [9.17, 15) is 0 Å². The molecule has 0 saturated carbocycles. The van der Waals surface area contributed by atoms with Gasteiger partial charge in [0.15, 0.2) is 0 Å². The van der Waals surface area contributed by atoms with Crippen molar-refractivity contribution in [3.05, 3.63) is 12.2 Å². The summed E-state index contributed by atoms with van der Waals surface area (Å²) >= 11 is 0. The number of rotatable bonds is 2. The third-order valence-corrected chi connectivity index (χ3v) is 2.16. The molecule has 0 spiro atoms. The lowest BCUT2D eigenvalue weighted by atomic mass is 10.2. The van der Waals surface area contributed by atoms with Gasteiger partial charge in [0.05, 0.1) is 6.10 Å². The normalized spacial score (nSPS) is 14.1. The zero-order valence-electron chi connectivity index (χ0n) is 8.39. The topological polar surface area (TPSA) is 20.2 Å². The van der Waals surface area contributed by atoms with Crippen LogP contribution in [-0.2, 0) is 0 Å². The summed E-state index contributed by atoms with van der Waals surface area (Å²) in [5, 5.41) is 9.14. The Balaban J connectivity index is 3.94. The Morgan fingerprint density at radius 3 is 2.42 bits per heavy atom. The average Bonchev–Trinajstić information content (AvgIpc) is 1.96. The molecule has 0 aliphatic rings. The highest BCUT2D eigenvalue weighted by atomic mass is 28.3. The van der Waals surface area contributed by atoms with Crippen LogP contribution in [0.15, 0.2) is 12.2 Å². The predicted octanol–water partition coefficient (Wildman–Crippen LogP) is 2.19. The fraction of sp³-hybridized carbons (Fsp3) is 0.600. The molecule has 0 aromatic heterocycles. The standard InChI is InChI=1S/C10H18OSi/c1-5-10(11)8-6-7-9-12(2,3)4/h6,8,10-11H,5H2,1-4H3/b8-6+/t10-/m0/s1. The molecule has 0 bridgehead atoms. The van der Waals surface area contributed by atoms with Crippen LogP contribution in [0, 0.1) is 11.5 Å². The van der Waals surface area contributed by atoms with Crippen LogP contribution < -0.4 is 0 Å². The molecule has 1 nitrogen and oxygen atoms in total. The third-order valence-electron chi connectivity index (χ3n) is 1.27. The van der Waals surface area contributed by atoms with Gasteiger partial charge in [-0.2, -0.15) is 0 Å². The monoisotopic (exact) mass is 182 g/mol. The molecule has 1 atom stereocenters. The van der Waals surface area contributed by atoms with Crippen molar-refractivity contribution in [2.45, 2.75) is 39.1 Å². The molecule has 0 aliphatic heterocycles. The zero-order valence-corrected chi connectivity index (χ0v) is 9.39. The van der Waals surface area contributed by atoms with Gasteiger partial charge in [-0.3, -0.25) is 0 Å². The van der Waals surface area contributed by atoms with E-state index >= 15 is 0 Å². The Morgan fingerprint density at radius 1 is 1.42 bits per heavy atom. The van der Waals surface area contributed by atoms with E-state index in [2.05, 4.69) is 31.1 Å². The zero-order chi connectivity index (χ0) is 9.61. The summed E-state index contributed by atoms with van der Waals surface area (Å²) in [5.74, 6) is 2.96. The second kappa shape index (κ2) is 5.18. The van der Waals surface area contributed by atoms with Crippen molar-refractivity contribution in [3.63, 3.8) is 0 Å². The van der Waals surface area contributed by atoms with E-state index in [0.717, 1.165) is 6.42 Å². The number of aliphatic hydroxyl groups excluding tert-OH is 1. The van der Waals surface area contributed by atoms with E-state index in [1.54, 1.807) is 12.2 Å². The average molecular weight is 182 g/mol. The number of aliphatic hydroxyl groups is 1. The molecule has 0 amide bonds. The Kier molecular flexibility index (Phi) is 4.95. The van der Waals surface area contributed by atoms with Crippen LogP contribution in [0.5, 0.6) is 0 Å². The lowest BCUT2D eigenvalue weighted by molar-refractivity contribution is 0.219. The summed E-state index contributed by atoms with van der Waals surface area (Å²) in [6.07, 6.45) is 3.92. The molecule has 0 aromatic rings. The maximum atomic E-state index is 9.14. The lowest BCUT2D eigenvalue weighted by Gasteiger charge is -2.02. The van der Waals surface area contributed by atoms with Gasteiger partial charge >= 0.3 is 0 Å². The highest BCUT2D eigenvalue weighted by Gasteiger charge is 2.06. The number of hydrogen-bond donors (Lipinski definition) is 1. The van der Waals surface area contributed by atoms with Gasteiger partial charge in [-0.25, -0.2) is 0 Å². The fourth-order valence-corrected chi connectivity index (χ4v) is 1.07. The summed E-state index contributed by atoms with van der Waals surface area (Å²) in [7, 11) is -1.23. The maximum absolute atomic E-state index is 9.14. The summed E-state index contributed by atoms with van der Waals surface area (Å²) < 4.78 is 0. The summed E-state index contributed by atoms with van der Waals surface area (Å²) in [4.78, 5) is 0. The van der Waals surface area contributed by atoms with Gasteiger partial charge in [0.1, 0.15) is 8.07 Å². The number of allylic oxidation sites excluding steroid dienone is 1. The van der Waals surface area contributed by atoms with Crippen molar-refractivity contribution >= 4 is 8.07 Å². The molecule has 0 heterocycles. The molecule has 0 aliphatic carbocycles. The van der Waals surface area contributed by atoms with Crippen molar-refractivity contribution < 1.29 is 5.11 Å². The van der Waals surface area contributed by atoms with Crippen LogP contribution >= 0.6 is 0 Å². The van der Waals surface area contributed by atoms with Crippen molar-refractivity contribution in [3.8, 4) is 11.5 Å². The molecule has 0 unspecified atom stereocenters. The van der Waals surface area contributed by atoms with E-state index in [4.69, 9.17) is 5.11 Å². The van der Waals surface area contributed by atoms with E-state index in [1.165, 1.54) is 0 Å². The van der Waals surface area contributed by atoms with Gasteiger partial charge in [0.2, 0.25) is 0 Å². The Labute approximate surface area is 76.5 Å². The molecule has 0 radical (unpaired) electrons. The van der Waals surface area contributed by atoms with E-state index in [0.29, 0.717) is 0 Å². The first-order chi connectivity index (χ1) is 5.45. The predicted molar refractivity (Wildman–Crippen MR) is 56.6 cm³/mol. The molecule has 68 valence electrons. The quantitative estimate of drug-likeness (QED) is 0.513. The Morgan fingerprint density at radius 2 is 2.00 bits per heavy atom. The van der Waals surface area contributed by atoms with Gasteiger partial charge in [0, 0.05) is 0 Å². The van der Waals surface area contributed by atoms with E-state index < -0.39 is 8.07 Å². The fourth-order valence-electron chi connectivity index (χ4n) is 0.553. The minimum absolute atomic E-state index is 0.332. The first-order valence-electron chi connectivity index (χ1n) is 4.33. The Bertz CT molecular complexity index is 202.